The summed E-state index contributed by atoms with van der Waals surface area (Å²) in [6.07, 6.45) is 94.3. The fraction of sp³-hybridized carbons (Fsp3) is 0.630. The molecule has 0 bridgehead atoms. The molecule has 6 heteroatoms. The van der Waals surface area contributed by atoms with Crippen molar-refractivity contribution >= 4 is 17.9 Å². The van der Waals surface area contributed by atoms with Gasteiger partial charge in [0.1, 0.15) is 13.2 Å². The first-order valence-electron chi connectivity index (χ1n) is 32.3. The first-order valence-corrected chi connectivity index (χ1v) is 32.3. The molecule has 0 radical (unpaired) electrons. The molecule has 1 atom stereocenters. The average molecular weight is 1090 g/mol. The molecule has 0 amide bonds. The number of hydrogen-bond acceptors (Lipinski definition) is 6. The number of carbonyl (C=O) groups is 3. The van der Waals surface area contributed by atoms with Crippen molar-refractivity contribution in [3.05, 3.63) is 146 Å². The Morgan fingerprint density at radius 2 is 0.519 bits per heavy atom. The van der Waals surface area contributed by atoms with Gasteiger partial charge >= 0.3 is 17.9 Å². The summed E-state index contributed by atoms with van der Waals surface area (Å²) >= 11 is 0. The highest BCUT2D eigenvalue weighted by atomic mass is 16.6. The van der Waals surface area contributed by atoms with Crippen molar-refractivity contribution < 1.29 is 28.6 Å². The average Bonchev–Trinajstić information content (AvgIpc) is 3.45. The minimum Gasteiger partial charge on any atom is -0.462 e. The first kappa shape index (κ1) is 74.3. The van der Waals surface area contributed by atoms with Crippen LogP contribution in [0.15, 0.2) is 146 Å². The number of esters is 3. The molecule has 0 aromatic carbocycles. The van der Waals surface area contributed by atoms with Crippen LogP contribution >= 0.6 is 0 Å². The molecule has 0 fully saturated rings. The summed E-state index contributed by atoms with van der Waals surface area (Å²) < 4.78 is 16.9. The second-order valence-corrected chi connectivity index (χ2v) is 20.9. The predicted octanol–water partition coefficient (Wildman–Crippen LogP) is 22.3. The van der Waals surface area contributed by atoms with E-state index in [0.29, 0.717) is 19.3 Å². The van der Waals surface area contributed by atoms with Gasteiger partial charge in [-0.1, -0.05) is 263 Å². The van der Waals surface area contributed by atoms with Crippen molar-refractivity contribution in [1.29, 1.82) is 0 Å². The van der Waals surface area contributed by atoms with Crippen LogP contribution in [-0.4, -0.2) is 37.2 Å². The highest BCUT2D eigenvalue weighted by Crippen LogP contribution is 2.14. The quantitative estimate of drug-likeness (QED) is 0.0261. The molecule has 0 saturated carbocycles. The van der Waals surface area contributed by atoms with E-state index >= 15 is 0 Å². The van der Waals surface area contributed by atoms with Gasteiger partial charge in [0.15, 0.2) is 6.10 Å². The van der Waals surface area contributed by atoms with Gasteiger partial charge < -0.3 is 14.2 Å². The Hall–Kier alpha value is -4.71. The third kappa shape index (κ3) is 64.0. The second-order valence-electron chi connectivity index (χ2n) is 20.9. The molecule has 446 valence electrons. The standard InChI is InChI=1S/C73H118O6/c1-4-7-10-13-16-19-22-25-26-27-28-29-30-31-32-33-34-35-36-37-38-39-40-41-42-43-44-45-46-49-51-54-57-60-63-66-72(75)78-69-70(79-73(76)67-64-61-58-55-52-48-24-21-18-15-12-9-6-3)68-77-71(74)65-62-59-56-53-50-47-23-20-17-14-11-8-5-2/h7,10,12,15-16,19-21,23-26,28-29,31-32,34-35,37-38,40-41,43-44,70H,4-6,8-9,11,13-14,17-18,22,27,30,33,36,39,42,45-69H2,1-3H3/b10-7-,15-12-,19-16-,23-20-,24-21-,26-25-,29-28-,32-31-,35-34-,38-37-,41-40-,44-43-. The van der Waals surface area contributed by atoms with Gasteiger partial charge in [-0.15, -0.1) is 0 Å². The van der Waals surface area contributed by atoms with E-state index in [4.69, 9.17) is 14.2 Å². The van der Waals surface area contributed by atoms with E-state index in [2.05, 4.69) is 167 Å². The maximum absolute atomic E-state index is 12.8. The molecule has 0 aliphatic carbocycles. The zero-order valence-corrected chi connectivity index (χ0v) is 51.1. The second kappa shape index (κ2) is 65.8. The number of rotatable bonds is 57. The number of hydrogen-bond donors (Lipinski definition) is 0. The monoisotopic (exact) mass is 1090 g/mol. The Balaban J connectivity index is 4.26. The van der Waals surface area contributed by atoms with E-state index in [0.717, 1.165) is 167 Å². The van der Waals surface area contributed by atoms with Crippen molar-refractivity contribution in [2.75, 3.05) is 13.2 Å². The summed E-state index contributed by atoms with van der Waals surface area (Å²) in [5.41, 5.74) is 0. The van der Waals surface area contributed by atoms with Crippen molar-refractivity contribution in [3.8, 4) is 0 Å². The van der Waals surface area contributed by atoms with Crippen molar-refractivity contribution in [2.24, 2.45) is 0 Å². The van der Waals surface area contributed by atoms with E-state index in [9.17, 15) is 14.4 Å². The van der Waals surface area contributed by atoms with Gasteiger partial charge in [-0.25, -0.2) is 0 Å². The van der Waals surface area contributed by atoms with Crippen LogP contribution in [0.2, 0.25) is 0 Å². The fourth-order valence-corrected chi connectivity index (χ4v) is 8.47. The Morgan fingerprint density at radius 3 is 0.835 bits per heavy atom. The van der Waals surface area contributed by atoms with Gasteiger partial charge in [0.25, 0.3) is 0 Å². The number of ether oxygens (including phenoxy) is 3. The zero-order chi connectivity index (χ0) is 57.1. The fourth-order valence-electron chi connectivity index (χ4n) is 8.47. The lowest BCUT2D eigenvalue weighted by atomic mass is 10.1. The van der Waals surface area contributed by atoms with E-state index in [-0.39, 0.29) is 31.1 Å². The molecular formula is C73H118O6. The van der Waals surface area contributed by atoms with Gasteiger partial charge in [-0.2, -0.15) is 0 Å². The highest BCUT2D eigenvalue weighted by Gasteiger charge is 2.19. The van der Waals surface area contributed by atoms with Gasteiger partial charge in [-0.05, 0) is 141 Å². The van der Waals surface area contributed by atoms with E-state index in [1.807, 2.05) is 0 Å². The van der Waals surface area contributed by atoms with Crippen LogP contribution in [-0.2, 0) is 28.6 Å². The van der Waals surface area contributed by atoms with E-state index in [1.165, 1.54) is 70.6 Å². The molecule has 0 aromatic rings. The maximum atomic E-state index is 12.8. The molecule has 0 heterocycles. The lowest BCUT2D eigenvalue weighted by Crippen LogP contribution is -2.30. The highest BCUT2D eigenvalue weighted by molar-refractivity contribution is 5.71. The first-order chi connectivity index (χ1) is 39.0. The molecular weight excluding hydrogens is 973 g/mol. The lowest BCUT2D eigenvalue weighted by molar-refractivity contribution is -0.167. The Labute approximate surface area is 487 Å². The number of allylic oxidation sites excluding steroid dienone is 24. The third-order valence-electron chi connectivity index (χ3n) is 13.3. The molecule has 1 unspecified atom stereocenters. The van der Waals surface area contributed by atoms with Gasteiger partial charge in [0, 0.05) is 19.3 Å². The normalized spacial score (nSPS) is 13.1. The van der Waals surface area contributed by atoms with Crippen LogP contribution in [0.25, 0.3) is 0 Å². The van der Waals surface area contributed by atoms with Gasteiger partial charge in [-0.3, -0.25) is 14.4 Å². The van der Waals surface area contributed by atoms with Gasteiger partial charge in [0.05, 0.1) is 0 Å². The predicted molar refractivity (Wildman–Crippen MR) is 343 cm³/mol. The summed E-state index contributed by atoms with van der Waals surface area (Å²) in [6, 6.07) is 0. The minimum absolute atomic E-state index is 0.0947. The van der Waals surface area contributed by atoms with Crippen LogP contribution in [0, 0.1) is 0 Å². The molecule has 0 aliphatic rings. The molecule has 0 spiro atoms. The maximum Gasteiger partial charge on any atom is 0.306 e. The Morgan fingerprint density at radius 1 is 0.266 bits per heavy atom. The van der Waals surface area contributed by atoms with Crippen molar-refractivity contribution in [1.82, 2.24) is 0 Å². The molecule has 0 saturated heterocycles. The number of unbranched alkanes of at least 4 members (excludes halogenated alkanes) is 22. The van der Waals surface area contributed by atoms with Crippen LogP contribution in [0.5, 0.6) is 0 Å². The summed E-state index contributed by atoms with van der Waals surface area (Å²) in [4.78, 5) is 38.2. The van der Waals surface area contributed by atoms with E-state index in [1.54, 1.807) is 0 Å². The molecule has 0 N–H and O–H groups in total. The molecule has 79 heavy (non-hydrogen) atoms. The topological polar surface area (TPSA) is 78.9 Å². The molecule has 0 aromatic heterocycles. The summed E-state index contributed by atoms with van der Waals surface area (Å²) in [6.45, 7) is 6.41. The summed E-state index contributed by atoms with van der Waals surface area (Å²) in [5.74, 6) is -0.930. The largest absolute Gasteiger partial charge is 0.462 e. The Bertz CT molecular complexity index is 1730. The summed E-state index contributed by atoms with van der Waals surface area (Å²) in [7, 11) is 0. The zero-order valence-electron chi connectivity index (χ0n) is 51.1. The molecule has 0 aliphatic heterocycles. The lowest BCUT2D eigenvalue weighted by Gasteiger charge is -2.18. The number of carbonyl (C=O) groups excluding carboxylic acids is 3. The SMILES string of the molecule is CC/C=C\C/C=C\C/C=C\C/C=C\C/C=C\C/C=C\C/C=C\C/C=C\C/C=C\CCCCCCCCCC(=O)OCC(COC(=O)CCCCCCC/C=C\CCCCCC)OC(=O)CCCCCCC/C=C\C/C=C\CCC. The van der Waals surface area contributed by atoms with E-state index < -0.39 is 6.10 Å². The van der Waals surface area contributed by atoms with Crippen molar-refractivity contribution in [3.63, 3.8) is 0 Å². The van der Waals surface area contributed by atoms with Crippen LogP contribution in [0.1, 0.15) is 278 Å². The third-order valence-corrected chi connectivity index (χ3v) is 13.3. The van der Waals surface area contributed by atoms with Gasteiger partial charge in [0.2, 0.25) is 0 Å². The summed E-state index contributed by atoms with van der Waals surface area (Å²) in [5, 5.41) is 0. The minimum atomic E-state index is -0.798. The Kier molecular flexibility index (Phi) is 61.9. The smallest absolute Gasteiger partial charge is 0.306 e. The molecule has 0 rings (SSSR count). The van der Waals surface area contributed by atoms with Crippen LogP contribution in [0.3, 0.4) is 0 Å². The van der Waals surface area contributed by atoms with Crippen LogP contribution in [0.4, 0.5) is 0 Å². The van der Waals surface area contributed by atoms with Crippen molar-refractivity contribution in [2.45, 2.75) is 284 Å². The van der Waals surface area contributed by atoms with Crippen LogP contribution < -0.4 is 0 Å². The molecule has 6 nitrogen and oxygen atoms in total.